The molecular weight excluding hydrogens is 360 g/mol. The van der Waals surface area contributed by atoms with E-state index in [0.717, 1.165) is 33.4 Å². The van der Waals surface area contributed by atoms with E-state index in [1.165, 1.54) is 0 Å². The summed E-state index contributed by atoms with van der Waals surface area (Å²) in [7, 11) is 0. The van der Waals surface area contributed by atoms with E-state index in [9.17, 15) is 0 Å². The van der Waals surface area contributed by atoms with Crippen molar-refractivity contribution in [3.63, 3.8) is 0 Å². The van der Waals surface area contributed by atoms with Crippen LogP contribution in [0.5, 0.6) is 0 Å². The Morgan fingerprint density at radius 2 is 0.433 bits per heavy atom. The zero-order chi connectivity index (χ0) is 22.2. The summed E-state index contributed by atoms with van der Waals surface area (Å²) < 4.78 is 0. The number of benzene rings is 3. The van der Waals surface area contributed by atoms with Gasteiger partial charge in [-0.05, 0) is 33.4 Å². The quantitative estimate of drug-likeness (QED) is 0.394. The van der Waals surface area contributed by atoms with E-state index < -0.39 is 0 Å². The zero-order valence-electron chi connectivity index (χ0n) is 17.6. The average Bonchev–Trinajstić information content (AvgIpc) is 2.84. The van der Waals surface area contributed by atoms with Gasteiger partial charge in [-0.2, -0.15) is 0 Å². The second-order valence-corrected chi connectivity index (χ2v) is 6.11. The maximum atomic E-state index is 3.69. The SMILES string of the molecule is C=Cc1ccccc1C=C.C=Cc1ccccc1C=C.C=Cc1ccccc1C=C. The summed E-state index contributed by atoms with van der Waals surface area (Å²) in [4.78, 5) is 0. The Morgan fingerprint density at radius 1 is 0.300 bits per heavy atom. The molecule has 0 spiro atoms. The Labute approximate surface area is 182 Å². The van der Waals surface area contributed by atoms with Gasteiger partial charge in [-0.15, -0.1) is 0 Å². The predicted molar refractivity (Wildman–Crippen MR) is 140 cm³/mol. The summed E-state index contributed by atoms with van der Waals surface area (Å²) in [5.74, 6) is 0. The van der Waals surface area contributed by atoms with Crippen LogP contribution >= 0.6 is 0 Å². The van der Waals surface area contributed by atoms with Crippen molar-refractivity contribution in [2.75, 3.05) is 0 Å². The molecule has 0 radical (unpaired) electrons. The van der Waals surface area contributed by atoms with Crippen molar-refractivity contribution in [2.45, 2.75) is 0 Å². The van der Waals surface area contributed by atoms with Gasteiger partial charge in [0.15, 0.2) is 0 Å². The van der Waals surface area contributed by atoms with Crippen molar-refractivity contribution in [1.82, 2.24) is 0 Å². The molecule has 0 heteroatoms. The van der Waals surface area contributed by atoms with Crippen molar-refractivity contribution in [2.24, 2.45) is 0 Å². The fraction of sp³-hybridized carbons (Fsp3) is 0. The summed E-state index contributed by atoms with van der Waals surface area (Å²) in [6, 6.07) is 24.0. The van der Waals surface area contributed by atoms with Crippen LogP contribution in [-0.4, -0.2) is 0 Å². The minimum absolute atomic E-state index is 1.14. The van der Waals surface area contributed by atoms with Crippen LogP contribution in [0.25, 0.3) is 36.5 Å². The van der Waals surface area contributed by atoms with Crippen LogP contribution in [0.3, 0.4) is 0 Å². The van der Waals surface area contributed by atoms with Gasteiger partial charge in [0.1, 0.15) is 0 Å². The van der Waals surface area contributed by atoms with E-state index in [2.05, 4.69) is 39.5 Å². The second-order valence-electron chi connectivity index (χ2n) is 6.11. The molecule has 0 aliphatic rings. The van der Waals surface area contributed by atoms with Crippen molar-refractivity contribution in [3.8, 4) is 0 Å². The molecule has 0 aliphatic heterocycles. The number of hydrogen-bond donors (Lipinski definition) is 0. The molecule has 3 aromatic rings. The Hall–Kier alpha value is -3.90. The average molecular weight is 391 g/mol. The van der Waals surface area contributed by atoms with Crippen molar-refractivity contribution in [3.05, 3.63) is 146 Å². The Balaban J connectivity index is 0.000000225. The molecule has 0 nitrogen and oxygen atoms in total. The molecule has 0 bridgehead atoms. The second kappa shape index (κ2) is 14.1. The summed E-state index contributed by atoms with van der Waals surface area (Å²) >= 11 is 0. The fourth-order valence-electron chi connectivity index (χ4n) is 2.65. The summed E-state index contributed by atoms with van der Waals surface area (Å²) in [6.07, 6.45) is 11.0. The van der Waals surface area contributed by atoms with Crippen molar-refractivity contribution >= 4 is 36.5 Å². The molecule has 0 unspecified atom stereocenters. The van der Waals surface area contributed by atoms with Gasteiger partial charge < -0.3 is 0 Å². The van der Waals surface area contributed by atoms with Crippen LogP contribution in [0.1, 0.15) is 33.4 Å². The predicted octanol–water partition coefficient (Wildman–Crippen LogP) is 8.92. The normalized spacial score (nSPS) is 8.80. The van der Waals surface area contributed by atoms with Crippen molar-refractivity contribution in [1.29, 1.82) is 0 Å². The molecule has 0 heterocycles. The summed E-state index contributed by atoms with van der Waals surface area (Å²) in [5, 5.41) is 0. The minimum Gasteiger partial charge on any atom is -0.0984 e. The third kappa shape index (κ3) is 7.61. The highest BCUT2D eigenvalue weighted by molar-refractivity contribution is 5.64. The lowest BCUT2D eigenvalue weighted by atomic mass is 10.1. The van der Waals surface area contributed by atoms with Crippen LogP contribution in [0.4, 0.5) is 0 Å². The van der Waals surface area contributed by atoms with Crippen LogP contribution in [0.15, 0.2) is 112 Å². The van der Waals surface area contributed by atoms with Gasteiger partial charge in [0.25, 0.3) is 0 Å². The summed E-state index contributed by atoms with van der Waals surface area (Å²) in [6.45, 7) is 22.2. The number of rotatable bonds is 6. The van der Waals surface area contributed by atoms with Crippen LogP contribution in [-0.2, 0) is 0 Å². The first-order chi connectivity index (χ1) is 14.6. The van der Waals surface area contributed by atoms with E-state index in [1.807, 2.05) is 109 Å². The van der Waals surface area contributed by atoms with Crippen LogP contribution < -0.4 is 0 Å². The highest BCUT2D eigenvalue weighted by Crippen LogP contribution is 2.11. The Kier molecular flexibility index (Phi) is 11.4. The molecule has 3 aromatic carbocycles. The zero-order valence-corrected chi connectivity index (χ0v) is 17.6. The van der Waals surface area contributed by atoms with E-state index >= 15 is 0 Å². The smallest absolute Gasteiger partial charge is 0.0190 e. The Morgan fingerprint density at radius 3 is 0.533 bits per heavy atom. The molecule has 0 atom stereocenters. The molecule has 30 heavy (non-hydrogen) atoms. The molecular formula is C30H30. The van der Waals surface area contributed by atoms with Crippen LogP contribution in [0.2, 0.25) is 0 Å². The van der Waals surface area contributed by atoms with Gasteiger partial charge in [-0.1, -0.05) is 149 Å². The van der Waals surface area contributed by atoms with Gasteiger partial charge in [0.05, 0.1) is 0 Å². The third-order valence-corrected chi connectivity index (χ3v) is 4.31. The molecule has 0 N–H and O–H groups in total. The molecule has 3 rings (SSSR count). The molecule has 150 valence electrons. The first kappa shape index (κ1) is 24.1. The lowest BCUT2D eigenvalue weighted by Gasteiger charge is -1.96. The van der Waals surface area contributed by atoms with Gasteiger partial charge >= 0.3 is 0 Å². The van der Waals surface area contributed by atoms with E-state index in [0.29, 0.717) is 0 Å². The topological polar surface area (TPSA) is 0 Å². The largest absolute Gasteiger partial charge is 0.0984 e. The maximum absolute atomic E-state index is 3.69. The minimum atomic E-state index is 1.14. The van der Waals surface area contributed by atoms with E-state index in [-0.39, 0.29) is 0 Å². The van der Waals surface area contributed by atoms with Gasteiger partial charge in [-0.3, -0.25) is 0 Å². The first-order valence-electron chi connectivity index (χ1n) is 9.66. The van der Waals surface area contributed by atoms with Crippen molar-refractivity contribution < 1.29 is 0 Å². The van der Waals surface area contributed by atoms with E-state index in [1.54, 1.807) is 0 Å². The molecule has 0 aromatic heterocycles. The standard InChI is InChI=1S/3C10H10/c3*1-3-9-7-5-6-8-10(9)4-2/h3*3-8H,1-2H2. The Bertz CT molecular complexity index is 789. The molecule has 0 saturated carbocycles. The lowest BCUT2D eigenvalue weighted by Crippen LogP contribution is -1.76. The number of hydrogen-bond acceptors (Lipinski definition) is 0. The maximum Gasteiger partial charge on any atom is -0.0190 e. The summed E-state index contributed by atoms with van der Waals surface area (Å²) in [5.41, 5.74) is 6.82. The molecule has 0 fully saturated rings. The highest BCUT2D eigenvalue weighted by Gasteiger charge is 1.91. The monoisotopic (exact) mass is 390 g/mol. The van der Waals surface area contributed by atoms with Crippen LogP contribution in [0, 0.1) is 0 Å². The van der Waals surface area contributed by atoms with E-state index in [4.69, 9.17) is 0 Å². The molecule has 0 aliphatic carbocycles. The third-order valence-electron chi connectivity index (χ3n) is 4.31. The van der Waals surface area contributed by atoms with Gasteiger partial charge in [0, 0.05) is 0 Å². The highest BCUT2D eigenvalue weighted by atomic mass is 14.0. The molecule has 0 amide bonds. The lowest BCUT2D eigenvalue weighted by molar-refractivity contribution is 1.62. The van der Waals surface area contributed by atoms with Gasteiger partial charge in [-0.25, -0.2) is 0 Å². The first-order valence-corrected chi connectivity index (χ1v) is 9.66. The fourth-order valence-corrected chi connectivity index (χ4v) is 2.65. The molecule has 0 saturated heterocycles. The van der Waals surface area contributed by atoms with Gasteiger partial charge in [0.2, 0.25) is 0 Å².